The van der Waals surface area contributed by atoms with Gasteiger partial charge in [0.15, 0.2) is 5.76 Å². The SMILES string of the molecule is CCC1(OCc2ccno2)CCN(C(=O)OC(C)(C)C)CC1. The number of hydrogen-bond acceptors (Lipinski definition) is 5. The number of rotatable bonds is 4. The molecule has 6 nitrogen and oxygen atoms in total. The summed E-state index contributed by atoms with van der Waals surface area (Å²) < 4.78 is 16.6. The standard InChI is InChI=1S/C16H26N2O4/c1-5-16(20-12-13-6-9-17-22-13)7-10-18(11-8-16)14(19)21-15(2,3)4/h6,9H,5,7-8,10-12H2,1-4H3. The fraction of sp³-hybridized carbons (Fsp3) is 0.750. The van der Waals surface area contributed by atoms with Gasteiger partial charge in [-0.05, 0) is 40.0 Å². The quantitative estimate of drug-likeness (QED) is 0.853. The van der Waals surface area contributed by atoms with Crippen molar-refractivity contribution in [2.45, 2.75) is 64.8 Å². The van der Waals surface area contributed by atoms with E-state index in [1.807, 2.05) is 20.8 Å². The van der Waals surface area contributed by atoms with Crippen LogP contribution in [0.4, 0.5) is 4.79 Å². The van der Waals surface area contributed by atoms with Crippen LogP contribution in [-0.4, -0.2) is 40.4 Å². The third kappa shape index (κ3) is 4.47. The van der Waals surface area contributed by atoms with Crippen molar-refractivity contribution in [2.24, 2.45) is 0 Å². The topological polar surface area (TPSA) is 64.8 Å². The monoisotopic (exact) mass is 310 g/mol. The number of aromatic nitrogens is 1. The third-order valence-corrected chi connectivity index (χ3v) is 3.98. The maximum Gasteiger partial charge on any atom is 0.410 e. The molecule has 0 aliphatic carbocycles. The summed E-state index contributed by atoms with van der Waals surface area (Å²) in [5, 5.41) is 3.68. The van der Waals surface area contributed by atoms with E-state index in [-0.39, 0.29) is 11.7 Å². The largest absolute Gasteiger partial charge is 0.444 e. The molecule has 0 atom stereocenters. The van der Waals surface area contributed by atoms with Crippen LogP contribution in [0.3, 0.4) is 0 Å². The maximum atomic E-state index is 12.1. The van der Waals surface area contributed by atoms with Crippen LogP contribution in [0.2, 0.25) is 0 Å². The Balaban J connectivity index is 1.86. The summed E-state index contributed by atoms with van der Waals surface area (Å²) in [5.41, 5.74) is -0.662. The van der Waals surface area contributed by atoms with Crippen molar-refractivity contribution < 1.29 is 18.8 Å². The minimum absolute atomic E-state index is 0.203. The van der Waals surface area contributed by atoms with E-state index < -0.39 is 5.60 Å². The van der Waals surface area contributed by atoms with E-state index >= 15 is 0 Å². The minimum atomic E-state index is -0.459. The summed E-state index contributed by atoms with van der Waals surface area (Å²) in [5.74, 6) is 0.724. The molecule has 0 aromatic carbocycles. The Morgan fingerprint density at radius 2 is 2.09 bits per heavy atom. The van der Waals surface area contributed by atoms with Gasteiger partial charge in [0.25, 0.3) is 0 Å². The first-order valence-corrected chi connectivity index (χ1v) is 7.85. The molecular weight excluding hydrogens is 284 g/mol. The van der Waals surface area contributed by atoms with Crippen molar-refractivity contribution in [1.29, 1.82) is 0 Å². The van der Waals surface area contributed by atoms with Gasteiger partial charge in [-0.25, -0.2) is 4.79 Å². The number of ether oxygens (including phenoxy) is 2. The Morgan fingerprint density at radius 1 is 1.41 bits per heavy atom. The zero-order valence-electron chi connectivity index (χ0n) is 13.9. The second-order valence-electron chi connectivity index (χ2n) is 6.77. The summed E-state index contributed by atoms with van der Waals surface area (Å²) >= 11 is 0. The molecule has 6 heteroatoms. The molecule has 2 heterocycles. The molecule has 1 aromatic heterocycles. The Bertz CT molecular complexity index is 471. The van der Waals surface area contributed by atoms with Crippen molar-refractivity contribution in [3.05, 3.63) is 18.0 Å². The van der Waals surface area contributed by atoms with Gasteiger partial charge in [-0.15, -0.1) is 0 Å². The van der Waals surface area contributed by atoms with Crippen molar-refractivity contribution in [2.75, 3.05) is 13.1 Å². The van der Waals surface area contributed by atoms with Crippen molar-refractivity contribution >= 4 is 6.09 Å². The van der Waals surface area contributed by atoms with E-state index in [2.05, 4.69) is 12.1 Å². The van der Waals surface area contributed by atoms with Crippen LogP contribution in [-0.2, 0) is 16.1 Å². The number of carbonyl (C=O) groups is 1. The van der Waals surface area contributed by atoms with Crippen LogP contribution < -0.4 is 0 Å². The van der Waals surface area contributed by atoms with Gasteiger partial charge >= 0.3 is 6.09 Å². The van der Waals surface area contributed by atoms with Gasteiger partial charge in [0.05, 0.1) is 11.8 Å². The minimum Gasteiger partial charge on any atom is -0.444 e. The molecule has 1 amide bonds. The molecular formula is C16H26N2O4. The van der Waals surface area contributed by atoms with Crippen LogP contribution in [0.15, 0.2) is 16.8 Å². The second-order valence-corrected chi connectivity index (χ2v) is 6.77. The Hall–Kier alpha value is -1.56. The average molecular weight is 310 g/mol. The van der Waals surface area contributed by atoms with E-state index in [1.54, 1.807) is 17.2 Å². The van der Waals surface area contributed by atoms with Crippen molar-refractivity contribution in [3.8, 4) is 0 Å². The summed E-state index contributed by atoms with van der Waals surface area (Å²) in [6.07, 6.45) is 3.88. The van der Waals surface area contributed by atoms with Crippen molar-refractivity contribution in [1.82, 2.24) is 10.1 Å². The molecule has 0 spiro atoms. The number of amides is 1. The summed E-state index contributed by atoms with van der Waals surface area (Å²) in [6, 6.07) is 1.80. The molecule has 22 heavy (non-hydrogen) atoms. The zero-order valence-corrected chi connectivity index (χ0v) is 13.9. The van der Waals surface area contributed by atoms with Crippen LogP contribution in [0, 0.1) is 0 Å². The number of piperidine rings is 1. The van der Waals surface area contributed by atoms with Gasteiger partial charge in [0.1, 0.15) is 12.2 Å². The first-order chi connectivity index (χ1) is 10.3. The van der Waals surface area contributed by atoms with Gasteiger partial charge in [-0.2, -0.15) is 0 Å². The molecule has 0 saturated carbocycles. The van der Waals surface area contributed by atoms with Crippen LogP contribution in [0.25, 0.3) is 0 Å². The van der Waals surface area contributed by atoms with E-state index in [0.717, 1.165) is 25.0 Å². The van der Waals surface area contributed by atoms with Crippen LogP contribution >= 0.6 is 0 Å². The molecule has 2 rings (SSSR count). The van der Waals surface area contributed by atoms with E-state index in [4.69, 9.17) is 14.0 Å². The predicted octanol–water partition coefficient (Wildman–Crippen LogP) is 3.37. The fourth-order valence-electron chi connectivity index (χ4n) is 2.56. The van der Waals surface area contributed by atoms with Gasteiger partial charge in [-0.3, -0.25) is 0 Å². The zero-order chi connectivity index (χ0) is 16.2. The lowest BCUT2D eigenvalue weighted by Gasteiger charge is -2.41. The summed E-state index contributed by atoms with van der Waals surface area (Å²) in [4.78, 5) is 13.9. The molecule has 1 aromatic rings. The molecule has 0 N–H and O–H groups in total. The van der Waals surface area contributed by atoms with Gasteiger partial charge in [-0.1, -0.05) is 12.1 Å². The van der Waals surface area contributed by atoms with E-state index in [9.17, 15) is 4.79 Å². The Morgan fingerprint density at radius 3 is 2.59 bits per heavy atom. The lowest BCUT2D eigenvalue weighted by molar-refractivity contribution is -0.100. The van der Waals surface area contributed by atoms with E-state index in [0.29, 0.717) is 19.7 Å². The highest BCUT2D eigenvalue weighted by Crippen LogP contribution is 2.31. The van der Waals surface area contributed by atoms with Gasteiger partial charge in [0.2, 0.25) is 0 Å². The molecule has 1 fully saturated rings. The average Bonchev–Trinajstić information content (AvgIpc) is 2.97. The molecule has 0 unspecified atom stereocenters. The number of hydrogen-bond donors (Lipinski definition) is 0. The van der Waals surface area contributed by atoms with Crippen LogP contribution in [0.5, 0.6) is 0 Å². The smallest absolute Gasteiger partial charge is 0.410 e. The maximum absolute atomic E-state index is 12.1. The lowest BCUT2D eigenvalue weighted by Crippen LogP contribution is -2.49. The molecule has 0 radical (unpaired) electrons. The molecule has 1 aliphatic heterocycles. The molecule has 1 aliphatic rings. The third-order valence-electron chi connectivity index (χ3n) is 3.98. The second kappa shape index (κ2) is 6.69. The molecule has 124 valence electrons. The lowest BCUT2D eigenvalue weighted by atomic mass is 9.88. The van der Waals surface area contributed by atoms with Gasteiger partial charge in [0, 0.05) is 19.2 Å². The van der Waals surface area contributed by atoms with Gasteiger partial charge < -0.3 is 18.9 Å². The number of likely N-dealkylation sites (tertiary alicyclic amines) is 1. The summed E-state index contributed by atoms with van der Waals surface area (Å²) in [7, 11) is 0. The summed E-state index contributed by atoms with van der Waals surface area (Å²) in [6.45, 7) is 9.48. The first kappa shape index (κ1) is 16.8. The molecule has 1 saturated heterocycles. The highest BCUT2D eigenvalue weighted by molar-refractivity contribution is 5.68. The Labute approximate surface area is 131 Å². The fourth-order valence-corrected chi connectivity index (χ4v) is 2.56. The first-order valence-electron chi connectivity index (χ1n) is 7.85. The number of carbonyl (C=O) groups excluding carboxylic acids is 1. The highest BCUT2D eigenvalue weighted by Gasteiger charge is 2.36. The van der Waals surface area contributed by atoms with Crippen molar-refractivity contribution in [3.63, 3.8) is 0 Å². The normalized spacial score (nSPS) is 18.3. The van der Waals surface area contributed by atoms with Crippen LogP contribution in [0.1, 0.15) is 52.7 Å². The number of nitrogens with zero attached hydrogens (tertiary/aromatic N) is 2. The predicted molar refractivity (Wildman–Crippen MR) is 81.4 cm³/mol. The van der Waals surface area contributed by atoms with E-state index in [1.165, 1.54) is 0 Å². The Kier molecular flexibility index (Phi) is 5.11. The highest BCUT2D eigenvalue weighted by atomic mass is 16.6. The molecule has 0 bridgehead atoms.